The van der Waals surface area contributed by atoms with E-state index >= 15 is 0 Å². The number of nitrogens with one attached hydrogen (secondary N) is 1. The number of carbonyl (C=O) groups is 1. The number of hydrogen-bond acceptors (Lipinski definition) is 6. The van der Waals surface area contributed by atoms with Gasteiger partial charge in [-0.05, 0) is 6.07 Å². The van der Waals surface area contributed by atoms with Gasteiger partial charge < -0.3 is 10.4 Å². The topological polar surface area (TPSA) is 105 Å². The van der Waals surface area contributed by atoms with Gasteiger partial charge >= 0.3 is 5.97 Å². The molecular formula is C8H9N3O4S. The molecule has 1 aromatic rings. The highest BCUT2D eigenvalue weighted by Gasteiger charge is 2.15. The highest BCUT2D eigenvalue weighted by Crippen LogP contribution is 2.12. The number of carboxylic acid groups (broad SMARTS) is 1. The molecule has 0 unspecified atom stereocenters. The Balaban J connectivity index is 2.75. The maximum atomic E-state index is 10.7. The van der Waals surface area contributed by atoms with Gasteiger partial charge in [0.2, 0.25) is 0 Å². The molecule has 7 nitrogen and oxygen atoms in total. The van der Waals surface area contributed by atoms with Crippen LogP contribution in [0.1, 0.15) is 0 Å². The fraction of sp³-hybridized carbons (Fsp3) is 0.250. The van der Waals surface area contributed by atoms with E-state index in [1.165, 1.54) is 12.1 Å². The van der Waals surface area contributed by atoms with Crippen molar-refractivity contribution in [3.63, 3.8) is 0 Å². The number of aromatic nitrogens is 1. The number of nitro groups is 1. The van der Waals surface area contributed by atoms with Gasteiger partial charge in [-0.15, -0.1) is 0 Å². The van der Waals surface area contributed by atoms with Crippen LogP contribution in [0.3, 0.4) is 0 Å². The Morgan fingerprint density at radius 1 is 1.69 bits per heavy atom. The van der Waals surface area contributed by atoms with E-state index in [4.69, 9.17) is 5.11 Å². The summed E-state index contributed by atoms with van der Waals surface area (Å²) in [4.78, 5) is 24.1. The minimum absolute atomic E-state index is 0.0913. The smallest absolute Gasteiger partial charge is 0.327 e. The molecule has 0 spiro atoms. The van der Waals surface area contributed by atoms with E-state index in [-0.39, 0.29) is 17.3 Å². The van der Waals surface area contributed by atoms with Gasteiger partial charge in [0.1, 0.15) is 18.1 Å². The first-order valence-electron chi connectivity index (χ1n) is 4.25. The lowest BCUT2D eigenvalue weighted by molar-refractivity contribution is -0.385. The van der Waals surface area contributed by atoms with Crippen LogP contribution in [0.15, 0.2) is 18.3 Å². The van der Waals surface area contributed by atoms with Gasteiger partial charge in [0.25, 0.3) is 5.69 Å². The minimum atomic E-state index is -1.06. The predicted molar refractivity (Wildman–Crippen MR) is 59.8 cm³/mol. The standard InChI is InChI=1S/C8H9N3O4S/c12-8(13)6(4-16)10-7-2-1-5(3-9-7)11(14)15/h1-3,6,16H,4H2,(H,9,10)(H,12,13)/t6-/m0/s1. The van der Waals surface area contributed by atoms with Crippen LogP contribution < -0.4 is 5.32 Å². The largest absolute Gasteiger partial charge is 0.480 e. The fourth-order valence-electron chi connectivity index (χ4n) is 0.943. The molecule has 0 saturated heterocycles. The van der Waals surface area contributed by atoms with Crippen LogP contribution in [0, 0.1) is 10.1 Å². The van der Waals surface area contributed by atoms with Crippen molar-refractivity contribution in [1.82, 2.24) is 4.98 Å². The summed E-state index contributed by atoms with van der Waals surface area (Å²) in [6, 6.07) is 1.71. The third kappa shape index (κ3) is 3.09. The van der Waals surface area contributed by atoms with Gasteiger partial charge in [-0.25, -0.2) is 9.78 Å². The summed E-state index contributed by atoms with van der Waals surface area (Å²) >= 11 is 3.86. The van der Waals surface area contributed by atoms with Crippen LogP contribution >= 0.6 is 12.6 Å². The first-order chi connectivity index (χ1) is 7.54. The summed E-state index contributed by atoms with van der Waals surface area (Å²) in [5.41, 5.74) is -0.150. The molecule has 2 N–H and O–H groups in total. The molecule has 0 fully saturated rings. The maximum absolute atomic E-state index is 10.7. The van der Waals surface area contributed by atoms with Gasteiger partial charge in [-0.3, -0.25) is 10.1 Å². The monoisotopic (exact) mass is 243 g/mol. The number of anilines is 1. The third-order valence-electron chi connectivity index (χ3n) is 1.76. The van der Waals surface area contributed by atoms with Crippen LogP contribution in [0.25, 0.3) is 0 Å². The second-order valence-corrected chi connectivity index (χ2v) is 3.24. The van der Waals surface area contributed by atoms with E-state index in [0.717, 1.165) is 6.20 Å². The first-order valence-corrected chi connectivity index (χ1v) is 4.88. The molecule has 1 aromatic heterocycles. The summed E-state index contributed by atoms with van der Waals surface area (Å²) in [5.74, 6) is -0.712. The Labute approximate surface area is 96.1 Å². The molecule has 1 rings (SSSR count). The molecule has 16 heavy (non-hydrogen) atoms. The van der Waals surface area contributed by atoms with Crippen LogP contribution in [-0.4, -0.2) is 32.8 Å². The van der Waals surface area contributed by atoms with Crippen LogP contribution in [-0.2, 0) is 4.79 Å². The summed E-state index contributed by atoms with van der Waals surface area (Å²) in [5, 5.41) is 21.7. The van der Waals surface area contributed by atoms with Gasteiger partial charge in [-0.2, -0.15) is 12.6 Å². The SMILES string of the molecule is O=C(O)[C@H](CS)Nc1ccc([N+](=O)[O-])cn1. The number of rotatable bonds is 5. The van der Waals surface area contributed by atoms with E-state index in [9.17, 15) is 14.9 Å². The molecule has 0 bridgehead atoms. The Bertz CT molecular complexity index is 395. The zero-order valence-electron chi connectivity index (χ0n) is 8.03. The number of thiol groups is 1. The quantitative estimate of drug-likeness (QED) is 0.401. The number of hydrogen-bond donors (Lipinski definition) is 3. The predicted octanol–water partition coefficient (Wildman–Crippen LogP) is 0.785. The van der Waals surface area contributed by atoms with Crippen molar-refractivity contribution >= 4 is 30.1 Å². The normalized spacial score (nSPS) is 11.8. The van der Waals surface area contributed by atoms with Crippen molar-refractivity contribution < 1.29 is 14.8 Å². The second-order valence-electron chi connectivity index (χ2n) is 2.88. The first kappa shape index (κ1) is 12.2. The van der Waals surface area contributed by atoms with E-state index in [0.29, 0.717) is 0 Å². The van der Waals surface area contributed by atoms with Crippen molar-refractivity contribution in [2.24, 2.45) is 0 Å². The maximum Gasteiger partial charge on any atom is 0.327 e. The molecule has 0 amide bonds. The molecule has 1 atom stereocenters. The fourth-order valence-corrected chi connectivity index (χ4v) is 1.19. The minimum Gasteiger partial charge on any atom is -0.480 e. The van der Waals surface area contributed by atoms with Crippen LogP contribution in [0.2, 0.25) is 0 Å². The number of aliphatic carboxylic acids is 1. The van der Waals surface area contributed by atoms with E-state index in [2.05, 4.69) is 22.9 Å². The lowest BCUT2D eigenvalue weighted by atomic mass is 10.3. The molecule has 1 heterocycles. The second kappa shape index (κ2) is 5.31. The van der Waals surface area contributed by atoms with Gasteiger partial charge in [0.05, 0.1) is 4.92 Å². The summed E-state index contributed by atoms with van der Waals surface area (Å²) in [7, 11) is 0. The highest BCUT2D eigenvalue weighted by molar-refractivity contribution is 7.80. The van der Waals surface area contributed by atoms with E-state index < -0.39 is 16.9 Å². The highest BCUT2D eigenvalue weighted by atomic mass is 32.1. The Kier molecular flexibility index (Phi) is 4.06. The molecule has 0 aliphatic heterocycles. The molecule has 0 aliphatic rings. The van der Waals surface area contributed by atoms with Gasteiger partial charge in [-0.1, -0.05) is 0 Å². The van der Waals surface area contributed by atoms with E-state index in [1.807, 2.05) is 0 Å². The average molecular weight is 243 g/mol. The van der Waals surface area contributed by atoms with Crippen molar-refractivity contribution in [3.8, 4) is 0 Å². The zero-order valence-corrected chi connectivity index (χ0v) is 8.92. The summed E-state index contributed by atoms with van der Waals surface area (Å²) in [6.45, 7) is 0. The Morgan fingerprint density at radius 2 is 2.38 bits per heavy atom. The van der Waals surface area contributed by atoms with Crippen molar-refractivity contribution in [2.75, 3.05) is 11.1 Å². The van der Waals surface area contributed by atoms with Gasteiger partial charge in [0, 0.05) is 11.8 Å². The summed E-state index contributed by atoms with van der Waals surface area (Å²) in [6.07, 6.45) is 1.06. The molecule has 0 saturated carbocycles. The molecule has 0 aliphatic carbocycles. The lowest BCUT2D eigenvalue weighted by Gasteiger charge is -2.11. The number of pyridine rings is 1. The van der Waals surface area contributed by atoms with Crippen molar-refractivity contribution in [1.29, 1.82) is 0 Å². The van der Waals surface area contributed by atoms with Crippen molar-refractivity contribution in [2.45, 2.75) is 6.04 Å². The third-order valence-corrected chi connectivity index (χ3v) is 2.13. The Hall–Kier alpha value is -1.83. The molecule has 8 heteroatoms. The van der Waals surface area contributed by atoms with E-state index in [1.54, 1.807) is 0 Å². The molecule has 86 valence electrons. The summed E-state index contributed by atoms with van der Waals surface area (Å²) < 4.78 is 0. The van der Waals surface area contributed by atoms with Gasteiger partial charge in [0.15, 0.2) is 0 Å². The number of carboxylic acids is 1. The number of nitrogens with zero attached hydrogens (tertiary/aromatic N) is 2. The molecule has 0 radical (unpaired) electrons. The van der Waals surface area contributed by atoms with Crippen molar-refractivity contribution in [3.05, 3.63) is 28.4 Å². The zero-order chi connectivity index (χ0) is 12.1. The average Bonchev–Trinajstić information content (AvgIpc) is 2.26. The lowest BCUT2D eigenvalue weighted by Crippen LogP contribution is -2.31. The van der Waals surface area contributed by atoms with Crippen LogP contribution in [0.5, 0.6) is 0 Å². The molecule has 0 aromatic carbocycles. The van der Waals surface area contributed by atoms with Crippen LogP contribution in [0.4, 0.5) is 11.5 Å². The Morgan fingerprint density at radius 3 is 2.75 bits per heavy atom. The molecular weight excluding hydrogens is 234 g/mol.